The van der Waals surface area contributed by atoms with Crippen molar-refractivity contribution in [3.63, 3.8) is 0 Å². The van der Waals surface area contributed by atoms with Crippen LogP contribution in [0.15, 0.2) is 35.1 Å². The minimum absolute atomic E-state index is 0.197. The maximum absolute atomic E-state index is 13.0. The molecule has 0 bridgehead atoms. The minimum atomic E-state index is -0.346. The van der Waals surface area contributed by atoms with E-state index in [4.69, 9.17) is 18.9 Å². The van der Waals surface area contributed by atoms with E-state index in [9.17, 15) is 4.79 Å². The van der Waals surface area contributed by atoms with Crippen molar-refractivity contribution in [2.45, 2.75) is 50.7 Å². The molecule has 5 rings (SSSR count). The number of benzene rings is 1. The van der Waals surface area contributed by atoms with Gasteiger partial charge < -0.3 is 28.7 Å². The van der Waals surface area contributed by atoms with Gasteiger partial charge in [0.15, 0.2) is 11.5 Å². The lowest BCUT2D eigenvalue weighted by molar-refractivity contribution is -0.130. The first-order valence-electron chi connectivity index (χ1n) is 13.1. The number of allylic oxidation sites excluding steroid dienone is 1. The Kier molecular flexibility index (Phi) is 6.81. The summed E-state index contributed by atoms with van der Waals surface area (Å²) in [5.41, 5.74) is 4.91. The van der Waals surface area contributed by atoms with E-state index in [1.165, 1.54) is 11.1 Å². The quantitative estimate of drug-likeness (QED) is 0.521. The maximum Gasteiger partial charge on any atom is 0.227 e. The van der Waals surface area contributed by atoms with Gasteiger partial charge in [-0.25, -0.2) is 0 Å². The van der Waals surface area contributed by atoms with E-state index >= 15 is 0 Å². The molecule has 4 atom stereocenters. The molecular formula is C29H40N2O5. The van der Waals surface area contributed by atoms with Crippen molar-refractivity contribution < 1.29 is 23.7 Å². The number of methoxy groups -OCH3 is 4. The number of carbonyl (C=O) groups is 1. The summed E-state index contributed by atoms with van der Waals surface area (Å²) in [5, 5.41) is 0. The van der Waals surface area contributed by atoms with Crippen molar-refractivity contribution >= 4 is 5.91 Å². The van der Waals surface area contributed by atoms with E-state index in [-0.39, 0.29) is 11.5 Å². The lowest BCUT2D eigenvalue weighted by atomic mass is 9.84. The molecule has 0 spiro atoms. The molecule has 1 amide bonds. The van der Waals surface area contributed by atoms with Gasteiger partial charge >= 0.3 is 0 Å². The lowest BCUT2D eigenvalue weighted by Gasteiger charge is -2.35. The zero-order valence-corrected chi connectivity index (χ0v) is 22.6. The zero-order chi connectivity index (χ0) is 25.6. The third kappa shape index (κ3) is 4.30. The molecule has 1 aromatic rings. The predicted octanol–water partition coefficient (Wildman–Crippen LogP) is 3.61. The van der Waals surface area contributed by atoms with E-state index in [0.29, 0.717) is 30.0 Å². The third-order valence-electron chi connectivity index (χ3n) is 8.90. The molecule has 1 heterocycles. The molecule has 0 aromatic heterocycles. The molecule has 3 aliphatic carbocycles. The Balaban J connectivity index is 1.15. The van der Waals surface area contributed by atoms with Crippen LogP contribution in [0.4, 0.5) is 0 Å². The number of nitrogens with zero attached hydrogens (tertiary/aromatic N) is 2. The maximum atomic E-state index is 13.0. The molecule has 1 aromatic carbocycles. The Morgan fingerprint density at radius 2 is 1.81 bits per heavy atom. The SMILES string of the molecule is COC1=CC2=C(CC3C2[C@H]3N(C)CCCN2CCc3cc(OC)c(OC)cc3CC2=O)CC1(C)OC. The monoisotopic (exact) mass is 496 g/mol. The Bertz CT molecular complexity index is 1100. The van der Waals surface area contributed by atoms with Crippen LogP contribution in [0.3, 0.4) is 0 Å². The Morgan fingerprint density at radius 1 is 1.08 bits per heavy atom. The number of ether oxygens (including phenoxy) is 4. The number of rotatable bonds is 9. The number of amides is 1. The summed E-state index contributed by atoms with van der Waals surface area (Å²) in [7, 11) is 9.04. The van der Waals surface area contributed by atoms with Gasteiger partial charge in [-0.2, -0.15) is 0 Å². The van der Waals surface area contributed by atoms with Crippen LogP contribution in [-0.2, 0) is 27.1 Å². The van der Waals surface area contributed by atoms with Crippen LogP contribution >= 0.6 is 0 Å². The Labute approximate surface area is 215 Å². The Morgan fingerprint density at radius 3 is 2.47 bits per heavy atom. The molecule has 3 unspecified atom stereocenters. The third-order valence-corrected chi connectivity index (χ3v) is 8.90. The highest BCUT2D eigenvalue weighted by Gasteiger charge is 2.59. The second kappa shape index (κ2) is 9.75. The average Bonchev–Trinajstić information content (AvgIpc) is 3.51. The van der Waals surface area contributed by atoms with Crippen LogP contribution in [-0.4, -0.2) is 82.5 Å². The first kappa shape index (κ1) is 25.2. The lowest BCUT2D eigenvalue weighted by Crippen LogP contribution is -2.36. The summed E-state index contributed by atoms with van der Waals surface area (Å²) in [6.45, 7) is 4.66. The number of hydrogen-bond acceptors (Lipinski definition) is 6. The zero-order valence-electron chi connectivity index (χ0n) is 22.6. The largest absolute Gasteiger partial charge is 0.498 e. The smallest absolute Gasteiger partial charge is 0.227 e. The highest BCUT2D eigenvalue weighted by Crippen LogP contribution is 2.61. The van der Waals surface area contributed by atoms with E-state index in [0.717, 1.165) is 62.4 Å². The van der Waals surface area contributed by atoms with E-state index in [1.807, 2.05) is 17.0 Å². The summed E-state index contributed by atoms with van der Waals surface area (Å²) in [4.78, 5) is 17.6. The van der Waals surface area contributed by atoms with Crippen LogP contribution in [0.1, 0.15) is 37.3 Å². The molecule has 4 aliphatic rings. The molecule has 0 saturated heterocycles. The fourth-order valence-electron chi connectivity index (χ4n) is 6.78. The molecule has 1 saturated carbocycles. The Hall–Kier alpha value is -2.51. The van der Waals surface area contributed by atoms with Crippen molar-refractivity contribution in [3.8, 4) is 11.5 Å². The molecule has 36 heavy (non-hydrogen) atoms. The predicted molar refractivity (Wildman–Crippen MR) is 138 cm³/mol. The number of fused-ring (bicyclic) bond motifs is 3. The molecule has 1 fully saturated rings. The normalized spacial score (nSPS) is 28.9. The van der Waals surface area contributed by atoms with E-state index < -0.39 is 0 Å². The summed E-state index contributed by atoms with van der Waals surface area (Å²) >= 11 is 0. The van der Waals surface area contributed by atoms with E-state index in [1.54, 1.807) is 34.0 Å². The second-order valence-electron chi connectivity index (χ2n) is 10.9. The van der Waals surface area contributed by atoms with Crippen LogP contribution in [0, 0.1) is 11.8 Å². The molecular weight excluding hydrogens is 456 g/mol. The molecule has 1 aliphatic heterocycles. The van der Waals surface area contributed by atoms with Crippen LogP contribution in [0.2, 0.25) is 0 Å². The van der Waals surface area contributed by atoms with Crippen molar-refractivity contribution in [1.29, 1.82) is 0 Å². The summed E-state index contributed by atoms with van der Waals surface area (Å²) < 4.78 is 22.4. The van der Waals surface area contributed by atoms with E-state index in [2.05, 4.69) is 24.9 Å². The van der Waals surface area contributed by atoms with Gasteiger partial charge in [0.2, 0.25) is 5.91 Å². The van der Waals surface area contributed by atoms with Crippen LogP contribution in [0.25, 0.3) is 0 Å². The fraction of sp³-hybridized carbons (Fsp3) is 0.621. The topological polar surface area (TPSA) is 60.5 Å². The number of carbonyl (C=O) groups excluding carboxylic acids is 1. The summed E-state index contributed by atoms with van der Waals surface area (Å²) in [6, 6.07) is 4.58. The van der Waals surface area contributed by atoms with Gasteiger partial charge in [0.25, 0.3) is 0 Å². The van der Waals surface area contributed by atoms with Crippen LogP contribution in [0.5, 0.6) is 11.5 Å². The first-order chi connectivity index (χ1) is 17.3. The minimum Gasteiger partial charge on any atom is -0.498 e. The van der Waals surface area contributed by atoms with Gasteiger partial charge in [0.05, 0.1) is 27.8 Å². The van der Waals surface area contributed by atoms with Crippen molar-refractivity contribution in [3.05, 3.63) is 46.2 Å². The molecule has 7 nitrogen and oxygen atoms in total. The summed E-state index contributed by atoms with van der Waals surface area (Å²) in [6.07, 6.45) is 6.59. The molecule has 7 heteroatoms. The van der Waals surface area contributed by atoms with Crippen molar-refractivity contribution in [1.82, 2.24) is 9.80 Å². The van der Waals surface area contributed by atoms with Gasteiger partial charge in [-0.15, -0.1) is 0 Å². The molecule has 196 valence electrons. The second-order valence-corrected chi connectivity index (χ2v) is 10.9. The van der Waals surface area contributed by atoms with Gasteiger partial charge in [-0.1, -0.05) is 5.57 Å². The van der Waals surface area contributed by atoms with Gasteiger partial charge in [-0.3, -0.25) is 4.79 Å². The first-order valence-corrected chi connectivity index (χ1v) is 13.1. The van der Waals surface area contributed by atoms with Crippen molar-refractivity contribution in [2.24, 2.45) is 11.8 Å². The molecule has 0 N–H and O–H groups in total. The van der Waals surface area contributed by atoms with Crippen LogP contribution < -0.4 is 9.47 Å². The highest BCUT2D eigenvalue weighted by molar-refractivity contribution is 5.80. The highest BCUT2D eigenvalue weighted by atomic mass is 16.5. The summed E-state index contributed by atoms with van der Waals surface area (Å²) in [5.74, 6) is 3.86. The van der Waals surface area contributed by atoms with Gasteiger partial charge in [-0.05, 0) is 80.6 Å². The standard InChI is InChI=1S/C29H40N2O5/c1-29(36-6)17-20-12-22-27(21(20)16-25(29)35-5)28(22)30(2)9-7-10-31-11-8-18-13-23(33-3)24(34-4)14-19(18)15-26(31)32/h13-14,16,22,27-28H,7-12,15,17H2,1-6H3/t22?,27?,28-,29?/m0/s1. The van der Waals surface area contributed by atoms with Crippen molar-refractivity contribution in [2.75, 3.05) is 55.1 Å². The average molecular weight is 497 g/mol. The molecule has 0 radical (unpaired) electrons. The number of hydrogen-bond donors (Lipinski definition) is 0. The fourth-order valence-corrected chi connectivity index (χ4v) is 6.78. The van der Waals surface area contributed by atoms with Gasteiger partial charge in [0.1, 0.15) is 11.4 Å². The van der Waals surface area contributed by atoms with Gasteiger partial charge in [0, 0.05) is 38.6 Å².